The van der Waals surface area contributed by atoms with E-state index in [2.05, 4.69) is 33.0 Å². The van der Waals surface area contributed by atoms with Gasteiger partial charge in [-0.1, -0.05) is 83.1 Å². The first kappa shape index (κ1) is 21.7. The van der Waals surface area contributed by atoms with E-state index in [-0.39, 0.29) is 42.7 Å². The molecule has 0 radical (unpaired) electrons. The smallest absolute Gasteiger partial charge is 0.306 e. The highest BCUT2D eigenvalue weighted by atomic mass is 16.5. The number of amides is 1. The van der Waals surface area contributed by atoms with Gasteiger partial charge < -0.3 is 10.1 Å². The van der Waals surface area contributed by atoms with Gasteiger partial charge in [-0.15, -0.1) is 0 Å². The van der Waals surface area contributed by atoms with Crippen LogP contribution in [0, 0.1) is 0 Å². The zero-order chi connectivity index (χ0) is 20.7. The van der Waals surface area contributed by atoms with Gasteiger partial charge in [0.2, 0.25) is 0 Å². The minimum atomic E-state index is -0.368. The lowest BCUT2D eigenvalue weighted by Gasteiger charge is -2.20. The van der Waals surface area contributed by atoms with E-state index in [9.17, 15) is 9.59 Å². The van der Waals surface area contributed by atoms with Gasteiger partial charge in [0.05, 0.1) is 6.42 Å². The van der Waals surface area contributed by atoms with Gasteiger partial charge in [0.1, 0.15) is 0 Å². The van der Waals surface area contributed by atoms with E-state index in [4.69, 9.17) is 4.74 Å². The Morgan fingerprint density at radius 1 is 0.857 bits per heavy atom. The van der Waals surface area contributed by atoms with Crippen molar-refractivity contribution >= 4 is 17.6 Å². The lowest BCUT2D eigenvalue weighted by atomic mass is 9.92. The van der Waals surface area contributed by atoms with Crippen LogP contribution in [0.2, 0.25) is 0 Å². The Morgan fingerprint density at radius 3 is 1.96 bits per heavy atom. The molecule has 1 atom stereocenters. The van der Waals surface area contributed by atoms with Crippen molar-refractivity contribution in [3.63, 3.8) is 0 Å². The molecule has 2 aromatic carbocycles. The van der Waals surface area contributed by atoms with E-state index in [1.165, 1.54) is 0 Å². The fourth-order valence-corrected chi connectivity index (χ4v) is 3.23. The van der Waals surface area contributed by atoms with E-state index in [1.807, 2.05) is 55.5 Å². The van der Waals surface area contributed by atoms with Crippen LogP contribution in [0.3, 0.4) is 0 Å². The van der Waals surface area contributed by atoms with Gasteiger partial charge in [0.15, 0.2) is 6.61 Å². The van der Waals surface area contributed by atoms with Crippen molar-refractivity contribution in [1.29, 1.82) is 0 Å². The minimum absolute atomic E-state index is 0.0472. The minimum Gasteiger partial charge on any atom is -0.456 e. The summed E-state index contributed by atoms with van der Waals surface area (Å²) < 4.78 is 5.22. The molecule has 0 spiro atoms. The van der Waals surface area contributed by atoms with Gasteiger partial charge >= 0.3 is 5.97 Å². The molecular weight excluding hydrogens is 350 g/mol. The Labute approximate surface area is 168 Å². The number of benzene rings is 2. The van der Waals surface area contributed by atoms with E-state index in [1.54, 1.807) is 0 Å². The van der Waals surface area contributed by atoms with E-state index < -0.39 is 0 Å². The monoisotopic (exact) mass is 381 g/mol. The maximum Gasteiger partial charge on any atom is 0.306 e. The van der Waals surface area contributed by atoms with Crippen molar-refractivity contribution < 1.29 is 14.3 Å². The number of nitrogens with one attached hydrogen (secondary N) is 1. The fraction of sp³-hybridized carbons (Fsp3) is 0.417. The number of carbonyl (C=O) groups is 2. The SMILES string of the molecule is CC(C)c1cccc(C(C)C)c1NC(=O)COC(=O)C[C@H](C)c1ccccc1. The first-order valence-electron chi connectivity index (χ1n) is 9.92. The van der Waals surface area contributed by atoms with Crippen molar-refractivity contribution in [1.82, 2.24) is 0 Å². The van der Waals surface area contributed by atoms with Crippen LogP contribution >= 0.6 is 0 Å². The zero-order valence-electron chi connectivity index (χ0n) is 17.5. The summed E-state index contributed by atoms with van der Waals surface area (Å²) in [5.41, 5.74) is 4.09. The molecule has 0 aromatic heterocycles. The second-order valence-electron chi connectivity index (χ2n) is 7.85. The van der Waals surface area contributed by atoms with Crippen LogP contribution in [-0.2, 0) is 14.3 Å². The molecule has 4 nitrogen and oxygen atoms in total. The topological polar surface area (TPSA) is 55.4 Å². The van der Waals surface area contributed by atoms with Crippen LogP contribution in [0.15, 0.2) is 48.5 Å². The zero-order valence-corrected chi connectivity index (χ0v) is 17.5. The Bertz CT molecular complexity index is 771. The molecule has 0 unspecified atom stereocenters. The molecule has 2 aromatic rings. The van der Waals surface area contributed by atoms with E-state index >= 15 is 0 Å². The summed E-state index contributed by atoms with van der Waals surface area (Å²) in [5, 5.41) is 2.97. The van der Waals surface area contributed by atoms with Crippen LogP contribution in [0.25, 0.3) is 0 Å². The number of ether oxygens (including phenoxy) is 1. The van der Waals surface area contributed by atoms with Gasteiger partial charge in [-0.2, -0.15) is 0 Å². The molecule has 0 aliphatic carbocycles. The maximum absolute atomic E-state index is 12.4. The first-order chi connectivity index (χ1) is 13.3. The molecule has 1 N–H and O–H groups in total. The summed E-state index contributed by atoms with van der Waals surface area (Å²) in [6.07, 6.45) is 0.247. The lowest BCUT2D eigenvalue weighted by Crippen LogP contribution is -2.23. The number of hydrogen-bond acceptors (Lipinski definition) is 3. The van der Waals surface area contributed by atoms with Crippen molar-refractivity contribution in [2.24, 2.45) is 0 Å². The fourth-order valence-electron chi connectivity index (χ4n) is 3.23. The highest BCUT2D eigenvalue weighted by Gasteiger charge is 2.18. The van der Waals surface area contributed by atoms with Crippen LogP contribution < -0.4 is 5.32 Å². The summed E-state index contributed by atoms with van der Waals surface area (Å²) in [6, 6.07) is 15.9. The van der Waals surface area contributed by atoms with Crippen LogP contribution in [-0.4, -0.2) is 18.5 Å². The summed E-state index contributed by atoms with van der Waals surface area (Å²) in [5.74, 6) is -0.0686. The summed E-state index contributed by atoms with van der Waals surface area (Å²) in [7, 11) is 0. The molecule has 0 aliphatic rings. The molecule has 0 fully saturated rings. The van der Waals surface area contributed by atoms with Crippen LogP contribution in [0.5, 0.6) is 0 Å². The molecule has 1 amide bonds. The Balaban J connectivity index is 1.96. The van der Waals surface area contributed by atoms with Gasteiger partial charge in [0.25, 0.3) is 5.91 Å². The molecule has 0 saturated heterocycles. The Kier molecular flexibility index (Phi) is 7.80. The third-order valence-electron chi connectivity index (χ3n) is 4.84. The molecule has 0 bridgehead atoms. The molecule has 0 saturated carbocycles. The van der Waals surface area contributed by atoms with E-state index in [0.29, 0.717) is 0 Å². The number of hydrogen-bond donors (Lipinski definition) is 1. The van der Waals surface area contributed by atoms with Crippen LogP contribution in [0.4, 0.5) is 5.69 Å². The van der Waals surface area contributed by atoms with Crippen molar-refractivity contribution in [3.05, 3.63) is 65.2 Å². The number of carbonyl (C=O) groups excluding carboxylic acids is 2. The molecule has 4 heteroatoms. The maximum atomic E-state index is 12.4. The number of rotatable bonds is 8. The molecule has 28 heavy (non-hydrogen) atoms. The Morgan fingerprint density at radius 2 is 1.43 bits per heavy atom. The second kappa shape index (κ2) is 10.1. The highest BCUT2D eigenvalue weighted by Crippen LogP contribution is 2.32. The molecule has 0 aliphatic heterocycles. The highest BCUT2D eigenvalue weighted by molar-refractivity contribution is 5.94. The number of para-hydroxylation sites is 1. The predicted octanol–water partition coefficient (Wildman–Crippen LogP) is 5.61. The third-order valence-corrected chi connectivity index (χ3v) is 4.84. The predicted molar refractivity (Wildman–Crippen MR) is 114 cm³/mol. The average molecular weight is 382 g/mol. The van der Waals surface area contributed by atoms with Crippen molar-refractivity contribution in [3.8, 4) is 0 Å². The van der Waals surface area contributed by atoms with Crippen molar-refractivity contribution in [2.75, 3.05) is 11.9 Å². The van der Waals surface area contributed by atoms with Gasteiger partial charge in [-0.3, -0.25) is 9.59 Å². The summed E-state index contributed by atoms with van der Waals surface area (Å²) >= 11 is 0. The molecule has 0 heterocycles. The second-order valence-corrected chi connectivity index (χ2v) is 7.85. The third kappa shape index (κ3) is 5.95. The molecule has 150 valence electrons. The van der Waals surface area contributed by atoms with Crippen molar-refractivity contribution in [2.45, 2.75) is 58.8 Å². The summed E-state index contributed by atoms with van der Waals surface area (Å²) in [4.78, 5) is 24.6. The first-order valence-corrected chi connectivity index (χ1v) is 9.92. The quantitative estimate of drug-likeness (QED) is 0.605. The standard InChI is InChI=1S/C24H31NO3/c1-16(2)20-12-9-13-21(17(3)4)24(20)25-22(26)15-28-23(27)14-18(5)19-10-7-6-8-11-19/h6-13,16-18H,14-15H2,1-5H3,(H,25,26)/t18-/m0/s1. The lowest BCUT2D eigenvalue weighted by molar-refractivity contribution is -0.147. The molecular formula is C24H31NO3. The number of esters is 1. The van der Waals surface area contributed by atoms with Gasteiger partial charge in [-0.25, -0.2) is 0 Å². The normalized spacial score (nSPS) is 12.1. The van der Waals surface area contributed by atoms with Gasteiger partial charge in [0, 0.05) is 5.69 Å². The van der Waals surface area contributed by atoms with E-state index in [0.717, 1.165) is 22.4 Å². The van der Waals surface area contributed by atoms with Gasteiger partial charge in [-0.05, 0) is 34.4 Å². The molecule has 2 rings (SSSR count). The summed E-state index contributed by atoms with van der Waals surface area (Å²) in [6.45, 7) is 10.1. The van der Waals surface area contributed by atoms with Crippen LogP contribution in [0.1, 0.15) is 75.5 Å². The average Bonchev–Trinajstić information content (AvgIpc) is 2.66. The Hall–Kier alpha value is -2.62. The number of anilines is 1. The largest absolute Gasteiger partial charge is 0.456 e.